The van der Waals surface area contributed by atoms with E-state index < -0.39 is 0 Å². The van der Waals surface area contributed by atoms with E-state index in [9.17, 15) is 0 Å². The van der Waals surface area contributed by atoms with Crippen LogP contribution in [0, 0.1) is 11.3 Å². The summed E-state index contributed by atoms with van der Waals surface area (Å²) in [7, 11) is 0. The summed E-state index contributed by atoms with van der Waals surface area (Å²) in [5.74, 6) is 0.824. The van der Waals surface area contributed by atoms with Crippen molar-refractivity contribution in [3.63, 3.8) is 0 Å². The molecule has 1 nitrogen and oxygen atoms in total. The third-order valence-electron chi connectivity index (χ3n) is 5.50. The topological polar surface area (TPSA) is 12.0 Å². The maximum Gasteiger partial charge on any atom is 0.0205 e. The van der Waals surface area contributed by atoms with Gasteiger partial charge in [0.25, 0.3) is 0 Å². The Hall–Kier alpha value is -0.820. The average molecular weight is 285 g/mol. The minimum absolute atomic E-state index is 0.588. The number of hydrogen-bond donors (Lipinski definition) is 1. The molecule has 1 aromatic rings. The van der Waals surface area contributed by atoms with Gasteiger partial charge in [0.05, 0.1) is 0 Å². The van der Waals surface area contributed by atoms with Gasteiger partial charge in [0.2, 0.25) is 0 Å². The largest absolute Gasteiger partial charge is 0.312 e. The smallest absolute Gasteiger partial charge is 0.0205 e. The van der Waals surface area contributed by atoms with Gasteiger partial charge in [-0.15, -0.1) is 0 Å². The zero-order chi connectivity index (χ0) is 14.7. The lowest BCUT2D eigenvalue weighted by atomic mass is 9.78. The predicted octanol–water partition coefficient (Wildman–Crippen LogP) is 4.87. The zero-order valence-electron chi connectivity index (χ0n) is 13.9. The fraction of sp³-hybridized carbons (Fsp3) is 0.700. The molecule has 21 heavy (non-hydrogen) atoms. The van der Waals surface area contributed by atoms with Crippen molar-refractivity contribution in [1.29, 1.82) is 0 Å². The van der Waals surface area contributed by atoms with E-state index in [0.717, 1.165) is 12.5 Å². The van der Waals surface area contributed by atoms with Crippen LogP contribution in [0.5, 0.6) is 0 Å². The van der Waals surface area contributed by atoms with E-state index in [1.165, 1.54) is 63.5 Å². The molecule has 0 aliphatic heterocycles. The number of aryl methyl sites for hydroxylation is 2. The van der Waals surface area contributed by atoms with E-state index in [4.69, 9.17) is 0 Å². The fourth-order valence-electron chi connectivity index (χ4n) is 4.65. The summed E-state index contributed by atoms with van der Waals surface area (Å²) in [5, 5.41) is 3.78. The molecule has 0 unspecified atom stereocenters. The van der Waals surface area contributed by atoms with Crippen LogP contribution in [0.2, 0.25) is 0 Å². The van der Waals surface area contributed by atoms with Gasteiger partial charge in [-0.25, -0.2) is 0 Å². The Balaban J connectivity index is 1.55. The maximum absolute atomic E-state index is 3.78. The highest BCUT2D eigenvalue weighted by molar-refractivity contribution is 5.35. The molecule has 2 aliphatic rings. The van der Waals surface area contributed by atoms with E-state index in [-0.39, 0.29) is 0 Å². The van der Waals surface area contributed by atoms with Crippen molar-refractivity contribution in [2.75, 3.05) is 6.54 Å². The normalized spacial score (nSPS) is 20.1. The fourth-order valence-corrected chi connectivity index (χ4v) is 4.65. The molecule has 0 radical (unpaired) electrons. The number of benzene rings is 1. The standard InChI is InChI=1S/C20H31N/c1-16(2)13-20(10-3-4-11-20)15-21-14-17-8-9-18-6-5-7-19(18)12-17/h8-9,12,16,21H,3-7,10-11,13-15H2,1-2H3. The lowest BCUT2D eigenvalue weighted by Crippen LogP contribution is -2.33. The van der Waals surface area contributed by atoms with Gasteiger partial charge in [-0.1, -0.05) is 44.9 Å². The molecule has 1 N–H and O–H groups in total. The summed E-state index contributed by atoms with van der Waals surface area (Å²) in [6, 6.07) is 7.14. The van der Waals surface area contributed by atoms with E-state index >= 15 is 0 Å². The molecule has 0 amide bonds. The second kappa shape index (κ2) is 6.52. The van der Waals surface area contributed by atoms with Crippen LogP contribution in [0.15, 0.2) is 18.2 Å². The van der Waals surface area contributed by atoms with Crippen molar-refractivity contribution < 1.29 is 0 Å². The third kappa shape index (κ3) is 3.69. The third-order valence-corrected chi connectivity index (χ3v) is 5.50. The first-order valence-electron chi connectivity index (χ1n) is 8.98. The number of fused-ring (bicyclic) bond motifs is 1. The first-order valence-corrected chi connectivity index (χ1v) is 8.98. The number of nitrogens with one attached hydrogen (secondary N) is 1. The monoisotopic (exact) mass is 285 g/mol. The van der Waals surface area contributed by atoms with Crippen molar-refractivity contribution in [2.24, 2.45) is 11.3 Å². The summed E-state index contributed by atoms with van der Waals surface area (Å²) in [6.07, 6.45) is 11.1. The molecular weight excluding hydrogens is 254 g/mol. The summed E-state index contributed by atoms with van der Waals surface area (Å²) < 4.78 is 0. The minimum Gasteiger partial charge on any atom is -0.312 e. The van der Waals surface area contributed by atoms with Crippen molar-refractivity contribution >= 4 is 0 Å². The van der Waals surface area contributed by atoms with E-state index in [1.807, 2.05) is 0 Å². The quantitative estimate of drug-likeness (QED) is 0.786. The van der Waals surface area contributed by atoms with Crippen molar-refractivity contribution in [2.45, 2.75) is 71.8 Å². The highest BCUT2D eigenvalue weighted by Gasteiger charge is 2.33. The van der Waals surface area contributed by atoms with E-state index in [1.54, 1.807) is 11.1 Å². The molecule has 0 atom stereocenters. The van der Waals surface area contributed by atoms with Crippen molar-refractivity contribution in [3.05, 3.63) is 34.9 Å². The summed E-state index contributed by atoms with van der Waals surface area (Å²) >= 11 is 0. The molecule has 2 aliphatic carbocycles. The van der Waals surface area contributed by atoms with Crippen LogP contribution in [-0.2, 0) is 19.4 Å². The Bertz CT molecular complexity index is 469. The molecule has 1 heteroatoms. The predicted molar refractivity (Wildman–Crippen MR) is 90.5 cm³/mol. The highest BCUT2D eigenvalue weighted by atomic mass is 14.9. The molecule has 116 valence electrons. The van der Waals surface area contributed by atoms with Crippen LogP contribution < -0.4 is 5.32 Å². The Morgan fingerprint density at radius 1 is 1.05 bits per heavy atom. The summed E-state index contributed by atoms with van der Waals surface area (Å²) in [5.41, 5.74) is 5.26. The first kappa shape index (κ1) is 15.1. The van der Waals surface area contributed by atoms with Crippen LogP contribution in [0.1, 0.15) is 69.1 Å². The van der Waals surface area contributed by atoms with Gasteiger partial charge in [-0.05, 0) is 66.5 Å². The van der Waals surface area contributed by atoms with Gasteiger partial charge in [0.15, 0.2) is 0 Å². The molecule has 3 rings (SSSR count). The van der Waals surface area contributed by atoms with Crippen LogP contribution >= 0.6 is 0 Å². The Labute approximate surface area is 130 Å². The Morgan fingerprint density at radius 3 is 2.57 bits per heavy atom. The van der Waals surface area contributed by atoms with Gasteiger partial charge < -0.3 is 5.32 Å². The van der Waals surface area contributed by atoms with Crippen molar-refractivity contribution in [3.8, 4) is 0 Å². The lowest BCUT2D eigenvalue weighted by molar-refractivity contribution is 0.223. The van der Waals surface area contributed by atoms with Crippen LogP contribution in [0.3, 0.4) is 0 Å². The Kier molecular flexibility index (Phi) is 4.69. The van der Waals surface area contributed by atoms with Gasteiger partial charge in [-0.3, -0.25) is 0 Å². The second-order valence-electron chi connectivity index (χ2n) is 7.87. The molecule has 0 bridgehead atoms. The molecule has 0 aromatic heterocycles. The highest BCUT2D eigenvalue weighted by Crippen LogP contribution is 2.42. The SMILES string of the molecule is CC(C)CC1(CNCc2ccc3c(c2)CCC3)CCCC1. The molecule has 1 aromatic carbocycles. The Morgan fingerprint density at radius 2 is 1.81 bits per heavy atom. The van der Waals surface area contributed by atoms with Crippen LogP contribution in [-0.4, -0.2) is 6.54 Å². The maximum atomic E-state index is 3.78. The molecule has 0 heterocycles. The second-order valence-corrected chi connectivity index (χ2v) is 7.87. The molecule has 0 spiro atoms. The molecule has 0 saturated heterocycles. The van der Waals surface area contributed by atoms with Gasteiger partial charge >= 0.3 is 0 Å². The first-order chi connectivity index (χ1) is 10.2. The van der Waals surface area contributed by atoms with Crippen LogP contribution in [0.4, 0.5) is 0 Å². The van der Waals surface area contributed by atoms with Gasteiger partial charge in [0, 0.05) is 13.1 Å². The van der Waals surface area contributed by atoms with E-state index in [2.05, 4.69) is 37.4 Å². The zero-order valence-corrected chi connectivity index (χ0v) is 13.9. The summed E-state index contributed by atoms with van der Waals surface area (Å²) in [6.45, 7) is 7.01. The number of hydrogen-bond acceptors (Lipinski definition) is 1. The molecule has 1 saturated carbocycles. The van der Waals surface area contributed by atoms with Gasteiger partial charge in [0.1, 0.15) is 0 Å². The van der Waals surface area contributed by atoms with Crippen molar-refractivity contribution in [1.82, 2.24) is 5.32 Å². The minimum atomic E-state index is 0.588. The number of rotatable bonds is 6. The van der Waals surface area contributed by atoms with Gasteiger partial charge in [-0.2, -0.15) is 0 Å². The summed E-state index contributed by atoms with van der Waals surface area (Å²) in [4.78, 5) is 0. The molecule has 1 fully saturated rings. The lowest BCUT2D eigenvalue weighted by Gasteiger charge is -2.31. The molecular formula is C20H31N. The average Bonchev–Trinajstić information content (AvgIpc) is 3.07. The van der Waals surface area contributed by atoms with Crippen LogP contribution in [0.25, 0.3) is 0 Å². The van der Waals surface area contributed by atoms with E-state index in [0.29, 0.717) is 5.41 Å².